The fourth-order valence-electron chi connectivity index (χ4n) is 3.93. The van der Waals surface area contributed by atoms with Crippen molar-refractivity contribution in [2.75, 3.05) is 13.1 Å². The Labute approximate surface area is 122 Å². The van der Waals surface area contributed by atoms with Gasteiger partial charge in [-0.2, -0.15) is 0 Å². The van der Waals surface area contributed by atoms with Crippen LogP contribution < -0.4 is 0 Å². The molecule has 0 radical (unpaired) electrons. The number of nitrogens with zero attached hydrogens (tertiary/aromatic N) is 1. The maximum Gasteiger partial charge on any atom is 0.0669 e. The van der Waals surface area contributed by atoms with E-state index in [-0.39, 0.29) is 6.10 Å². The fourth-order valence-corrected chi connectivity index (χ4v) is 3.93. The molecule has 3 rings (SSSR count). The molecule has 0 bridgehead atoms. The van der Waals surface area contributed by atoms with Gasteiger partial charge in [0.2, 0.25) is 0 Å². The molecule has 110 valence electrons. The lowest BCUT2D eigenvalue weighted by Crippen LogP contribution is -2.33. The van der Waals surface area contributed by atoms with Gasteiger partial charge in [-0.25, -0.2) is 0 Å². The van der Waals surface area contributed by atoms with Gasteiger partial charge in [-0.3, -0.25) is 4.90 Å². The fraction of sp³-hybridized carbons (Fsp3) is 0.667. The van der Waals surface area contributed by atoms with Crippen molar-refractivity contribution in [1.82, 2.24) is 4.90 Å². The van der Waals surface area contributed by atoms with Crippen molar-refractivity contribution in [2.45, 2.75) is 57.6 Å². The molecule has 1 aromatic rings. The minimum Gasteiger partial charge on any atom is -0.392 e. The Morgan fingerprint density at radius 3 is 2.65 bits per heavy atom. The van der Waals surface area contributed by atoms with Gasteiger partial charge in [-0.15, -0.1) is 0 Å². The molecular weight excluding hydrogens is 246 g/mol. The number of rotatable bonds is 4. The first-order valence-corrected chi connectivity index (χ1v) is 8.28. The number of aryl methyl sites for hydroxylation is 1. The average Bonchev–Trinajstić information content (AvgIpc) is 2.85. The monoisotopic (exact) mass is 273 g/mol. The minimum absolute atomic E-state index is 0.136. The van der Waals surface area contributed by atoms with Gasteiger partial charge in [-0.05, 0) is 42.9 Å². The van der Waals surface area contributed by atoms with Gasteiger partial charge in [-0.1, -0.05) is 49.9 Å². The van der Waals surface area contributed by atoms with E-state index in [1.807, 2.05) is 0 Å². The van der Waals surface area contributed by atoms with E-state index in [1.54, 1.807) is 0 Å². The molecule has 1 aromatic carbocycles. The van der Waals surface area contributed by atoms with Crippen LogP contribution in [-0.2, 0) is 13.0 Å². The standard InChI is InChI=1S/C18H27NO/c20-18(12-15-6-1-2-7-15)14-19-11-5-10-16-8-3-4-9-17(16)13-19/h3-4,8-9,15,18,20H,1-2,5-7,10-14H2. The lowest BCUT2D eigenvalue weighted by atomic mass is 9.99. The van der Waals surface area contributed by atoms with E-state index < -0.39 is 0 Å². The molecule has 1 aliphatic heterocycles. The number of β-amino-alcohol motifs (C(OH)–C–C–N with tert-alkyl or cyclic N) is 1. The average molecular weight is 273 g/mol. The highest BCUT2D eigenvalue weighted by Crippen LogP contribution is 2.29. The van der Waals surface area contributed by atoms with Crippen LogP contribution in [0.1, 0.15) is 49.7 Å². The highest BCUT2D eigenvalue weighted by Gasteiger charge is 2.21. The van der Waals surface area contributed by atoms with E-state index in [9.17, 15) is 5.11 Å². The number of hydrogen-bond acceptors (Lipinski definition) is 2. The van der Waals surface area contributed by atoms with Crippen LogP contribution in [-0.4, -0.2) is 29.2 Å². The van der Waals surface area contributed by atoms with Crippen molar-refractivity contribution in [3.05, 3.63) is 35.4 Å². The highest BCUT2D eigenvalue weighted by atomic mass is 16.3. The molecule has 1 atom stereocenters. The third-order valence-corrected chi connectivity index (χ3v) is 4.98. The highest BCUT2D eigenvalue weighted by molar-refractivity contribution is 5.28. The Balaban J connectivity index is 1.54. The Kier molecular flexibility index (Phi) is 4.74. The number of fused-ring (bicyclic) bond motifs is 1. The SMILES string of the molecule is OC(CC1CCCC1)CN1CCCc2ccccc2C1. The molecule has 0 saturated heterocycles. The van der Waals surface area contributed by atoms with Crippen LogP contribution in [0.2, 0.25) is 0 Å². The molecule has 2 heteroatoms. The van der Waals surface area contributed by atoms with Gasteiger partial charge in [0.15, 0.2) is 0 Å². The Hall–Kier alpha value is -0.860. The molecule has 1 fully saturated rings. The van der Waals surface area contributed by atoms with Crippen LogP contribution in [0.25, 0.3) is 0 Å². The van der Waals surface area contributed by atoms with Gasteiger partial charge in [0.25, 0.3) is 0 Å². The quantitative estimate of drug-likeness (QED) is 0.909. The molecule has 0 spiro atoms. The van der Waals surface area contributed by atoms with Crippen LogP contribution in [0, 0.1) is 5.92 Å². The molecule has 1 N–H and O–H groups in total. The number of aliphatic hydroxyl groups is 1. The molecular formula is C18H27NO. The summed E-state index contributed by atoms with van der Waals surface area (Å²) in [6.07, 6.45) is 8.68. The molecule has 1 aliphatic carbocycles. The van der Waals surface area contributed by atoms with E-state index >= 15 is 0 Å². The third-order valence-electron chi connectivity index (χ3n) is 4.98. The predicted octanol–water partition coefficient (Wildman–Crippen LogP) is 3.38. The predicted molar refractivity (Wildman–Crippen MR) is 82.6 cm³/mol. The number of benzene rings is 1. The first-order chi connectivity index (χ1) is 9.81. The van der Waals surface area contributed by atoms with Gasteiger partial charge in [0.05, 0.1) is 6.10 Å². The third kappa shape index (κ3) is 3.62. The molecule has 2 aliphatic rings. The van der Waals surface area contributed by atoms with E-state index in [4.69, 9.17) is 0 Å². The van der Waals surface area contributed by atoms with Crippen LogP contribution in [0.5, 0.6) is 0 Å². The molecule has 0 aromatic heterocycles. The van der Waals surface area contributed by atoms with Crippen LogP contribution >= 0.6 is 0 Å². The number of hydrogen-bond donors (Lipinski definition) is 1. The van der Waals surface area contributed by atoms with Gasteiger partial charge >= 0.3 is 0 Å². The summed E-state index contributed by atoms with van der Waals surface area (Å²) >= 11 is 0. The van der Waals surface area contributed by atoms with E-state index in [1.165, 1.54) is 49.7 Å². The van der Waals surface area contributed by atoms with Crippen LogP contribution in [0.3, 0.4) is 0 Å². The van der Waals surface area contributed by atoms with E-state index in [2.05, 4.69) is 29.2 Å². The smallest absolute Gasteiger partial charge is 0.0669 e. The summed E-state index contributed by atoms with van der Waals surface area (Å²) in [6.45, 7) is 2.99. The summed E-state index contributed by atoms with van der Waals surface area (Å²) in [5.74, 6) is 0.782. The van der Waals surface area contributed by atoms with Gasteiger partial charge in [0, 0.05) is 13.1 Å². The van der Waals surface area contributed by atoms with Crippen molar-refractivity contribution in [3.8, 4) is 0 Å². The molecule has 20 heavy (non-hydrogen) atoms. The second kappa shape index (κ2) is 6.73. The lowest BCUT2D eigenvalue weighted by Gasteiger charge is -2.25. The molecule has 0 amide bonds. The Morgan fingerprint density at radius 1 is 1.10 bits per heavy atom. The zero-order chi connectivity index (χ0) is 13.8. The van der Waals surface area contributed by atoms with Crippen LogP contribution in [0.4, 0.5) is 0 Å². The van der Waals surface area contributed by atoms with E-state index in [0.29, 0.717) is 0 Å². The summed E-state index contributed by atoms with van der Waals surface area (Å²) in [5.41, 5.74) is 2.96. The van der Waals surface area contributed by atoms with E-state index in [0.717, 1.165) is 32.0 Å². The van der Waals surface area contributed by atoms with Crippen molar-refractivity contribution in [2.24, 2.45) is 5.92 Å². The maximum absolute atomic E-state index is 10.4. The Bertz CT molecular complexity index is 425. The lowest BCUT2D eigenvalue weighted by molar-refractivity contribution is 0.0885. The molecule has 1 heterocycles. The topological polar surface area (TPSA) is 23.5 Å². The first-order valence-electron chi connectivity index (χ1n) is 8.28. The molecule has 1 saturated carbocycles. The minimum atomic E-state index is -0.136. The zero-order valence-electron chi connectivity index (χ0n) is 12.4. The molecule has 1 unspecified atom stereocenters. The largest absolute Gasteiger partial charge is 0.392 e. The van der Waals surface area contributed by atoms with Crippen molar-refractivity contribution in [3.63, 3.8) is 0 Å². The van der Waals surface area contributed by atoms with Gasteiger partial charge < -0.3 is 5.11 Å². The maximum atomic E-state index is 10.4. The zero-order valence-corrected chi connectivity index (χ0v) is 12.4. The van der Waals surface area contributed by atoms with Crippen molar-refractivity contribution < 1.29 is 5.11 Å². The van der Waals surface area contributed by atoms with Gasteiger partial charge in [0.1, 0.15) is 0 Å². The van der Waals surface area contributed by atoms with Crippen molar-refractivity contribution in [1.29, 1.82) is 0 Å². The molecule has 2 nitrogen and oxygen atoms in total. The Morgan fingerprint density at radius 2 is 1.85 bits per heavy atom. The number of aliphatic hydroxyl groups excluding tert-OH is 1. The second-order valence-corrected chi connectivity index (χ2v) is 6.65. The summed E-state index contributed by atoms with van der Waals surface area (Å²) in [7, 11) is 0. The summed E-state index contributed by atoms with van der Waals surface area (Å²) in [6, 6.07) is 8.78. The summed E-state index contributed by atoms with van der Waals surface area (Å²) in [5, 5.41) is 10.4. The summed E-state index contributed by atoms with van der Waals surface area (Å²) < 4.78 is 0. The van der Waals surface area contributed by atoms with Crippen molar-refractivity contribution >= 4 is 0 Å². The second-order valence-electron chi connectivity index (χ2n) is 6.65. The van der Waals surface area contributed by atoms with Crippen LogP contribution in [0.15, 0.2) is 24.3 Å². The summed E-state index contributed by atoms with van der Waals surface area (Å²) in [4.78, 5) is 2.45. The first kappa shape index (κ1) is 14.1. The normalized spacial score (nSPS) is 22.4.